The zero-order valence-electron chi connectivity index (χ0n) is 26.1. The van der Waals surface area contributed by atoms with Crippen molar-refractivity contribution in [2.24, 2.45) is 0 Å². The standard InChI is InChI=1S/C37H39N3O5/c1-27(41)34-10-4-7-31(21-34)24-38(18-17-30-13-15-37(16-14-30)40(44)45)19-20-39(25-32-8-5-11-35(22-32)28(2)42)26-33-9-6-12-36(23-33)29(3)43/h4-16,21-23H,17-20,24-26H2,1-3H3. The molecule has 8 heteroatoms. The van der Waals surface area contributed by atoms with Crippen LogP contribution < -0.4 is 0 Å². The van der Waals surface area contributed by atoms with Crippen LogP contribution in [0, 0.1) is 10.1 Å². The minimum Gasteiger partial charge on any atom is -0.297 e. The molecule has 232 valence electrons. The van der Waals surface area contributed by atoms with Crippen molar-refractivity contribution < 1.29 is 19.3 Å². The van der Waals surface area contributed by atoms with Gasteiger partial charge in [-0.25, -0.2) is 0 Å². The molecule has 0 radical (unpaired) electrons. The third kappa shape index (κ3) is 10.1. The summed E-state index contributed by atoms with van der Waals surface area (Å²) in [6.07, 6.45) is 0.700. The first kappa shape index (κ1) is 33.1. The number of carbonyl (C=O) groups is 3. The minimum atomic E-state index is -0.398. The van der Waals surface area contributed by atoms with Crippen LogP contribution >= 0.6 is 0 Å². The predicted octanol–water partition coefficient (Wildman–Crippen LogP) is 6.95. The summed E-state index contributed by atoms with van der Waals surface area (Å²) in [6, 6.07) is 29.7. The molecule has 0 amide bonds. The van der Waals surface area contributed by atoms with E-state index in [1.54, 1.807) is 32.9 Å². The van der Waals surface area contributed by atoms with Crippen LogP contribution in [0.4, 0.5) is 5.69 Å². The summed E-state index contributed by atoms with van der Waals surface area (Å²) < 4.78 is 0. The Bertz CT molecular complexity index is 1610. The molecule has 45 heavy (non-hydrogen) atoms. The Labute approximate surface area is 264 Å². The second-order valence-corrected chi connectivity index (χ2v) is 11.4. The Morgan fingerprint density at radius 1 is 0.556 bits per heavy atom. The van der Waals surface area contributed by atoms with Gasteiger partial charge in [0.15, 0.2) is 17.3 Å². The van der Waals surface area contributed by atoms with E-state index in [1.165, 1.54) is 12.1 Å². The van der Waals surface area contributed by atoms with Crippen LogP contribution in [0.2, 0.25) is 0 Å². The number of non-ortho nitro benzene ring substituents is 1. The fourth-order valence-electron chi connectivity index (χ4n) is 5.28. The molecule has 0 heterocycles. The van der Waals surface area contributed by atoms with Crippen LogP contribution in [0.1, 0.15) is 74.1 Å². The number of rotatable bonds is 16. The minimum absolute atomic E-state index is 0.0148. The number of Topliss-reactive ketones (excluding diaryl/α,β-unsaturated/α-hetero) is 3. The topological polar surface area (TPSA) is 101 Å². The van der Waals surface area contributed by atoms with Crippen molar-refractivity contribution in [1.82, 2.24) is 9.80 Å². The second-order valence-electron chi connectivity index (χ2n) is 11.4. The fraction of sp³-hybridized carbons (Fsp3) is 0.270. The molecule has 0 spiro atoms. The smallest absolute Gasteiger partial charge is 0.269 e. The number of hydrogen-bond acceptors (Lipinski definition) is 7. The third-order valence-corrected chi connectivity index (χ3v) is 7.82. The summed E-state index contributed by atoms with van der Waals surface area (Å²) >= 11 is 0. The predicted molar refractivity (Wildman–Crippen MR) is 176 cm³/mol. The van der Waals surface area contributed by atoms with E-state index in [9.17, 15) is 24.5 Å². The molecule has 0 aliphatic heterocycles. The van der Waals surface area contributed by atoms with E-state index in [-0.39, 0.29) is 23.0 Å². The lowest BCUT2D eigenvalue weighted by Gasteiger charge is -2.28. The number of nitrogens with zero attached hydrogens (tertiary/aromatic N) is 3. The van der Waals surface area contributed by atoms with Crippen molar-refractivity contribution in [3.05, 3.63) is 146 Å². The van der Waals surface area contributed by atoms with Crippen LogP contribution in [0.25, 0.3) is 0 Å². The zero-order chi connectivity index (χ0) is 32.3. The second kappa shape index (κ2) is 15.8. The largest absolute Gasteiger partial charge is 0.297 e. The highest BCUT2D eigenvalue weighted by Gasteiger charge is 2.15. The number of carbonyl (C=O) groups excluding carboxylic acids is 3. The van der Waals surface area contributed by atoms with Crippen LogP contribution in [-0.4, -0.2) is 51.7 Å². The number of ketones is 3. The highest BCUT2D eigenvalue weighted by atomic mass is 16.6. The van der Waals surface area contributed by atoms with E-state index < -0.39 is 4.92 Å². The summed E-state index contributed by atoms with van der Waals surface area (Å²) in [4.78, 5) is 51.5. The lowest BCUT2D eigenvalue weighted by Crippen LogP contribution is -2.35. The van der Waals surface area contributed by atoms with E-state index in [0.29, 0.717) is 62.4 Å². The summed E-state index contributed by atoms with van der Waals surface area (Å²) in [7, 11) is 0. The van der Waals surface area contributed by atoms with Gasteiger partial charge in [-0.1, -0.05) is 66.7 Å². The lowest BCUT2D eigenvalue weighted by atomic mass is 10.1. The molecule has 0 bridgehead atoms. The molecule has 0 saturated heterocycles. The summed E-state index contributed by atoms with van der Waals surface area (Å²) in [5.74, 6) is 0.0478. The average Bonchev–Trinajstić information content (AvgIpc) is 3.02. The van der Waals surface area contributed by atoms with Gasteiger partial charge in [-0.05, 0) is 67.6 Å². The zero-order valence-corrected chi connectivity index (χ0v) is 26.1. The number of nitro benzene ring substituents is 1. The molecule has 0 aliphatic carbocycles. The Morgan fingerprint density at radius 2 is 0.956 bits per heavy atom. The van der Waals surface area contributed by atoms with Gasteiger partial charge in [-0.2, -0.15) is 0 Å². The van der Waals surface area contributed by atoms with Crippen molar-refractivity contribution in [2.75, 3.05) is 19.6 Å². The van der Waals surface area contributed by atoms with E-state index >= 15 is 0 Å². The molecule has 4 aromatic carbocycles. The Hall–Kier alpha value is -4.79. The fourth-order valence-corrected chi connectivity index (χ4v) is 5.28. The molecule has 0 atom stereocenters. The van der Waals surface area contributed by atoms with Crippen LogP contribution in [-0.2, 0) is 26.1 Å². The van der Waals surface area contributed by atoms with Crippen molar-refractivity contribution >= 4 is 23.0 Å². The summed E-state index contributed by atoms with van der Waals surface area (Å²) in [6.45, 7) is 8.64. The molecule has 0 aliphatic rings. The van der Waals surface area contributed by atoms with Crippen LogP contribution in [0.3, 0.4) is 0 Å². The molecule has 0 saturated carbocycles. The van der Waals surface area contributed by atoms with Gasteiger partial charge in [0, 0.05) is 68.1 Å². The maximum absolute atomic E-state index is 12.1. The Morgan fingerprint density at radius 3 is 1.36 bits per heavy atom. The van der Waals surface area contributed by atoms with Gasteiger partial charge in [0.1, 0.15) is 0 Å². The molecule has 0 aromatic heterocycles. The molecule has 0 N–H and O–H groups in total. The monoisotopic (exact) mass is 605 g/mol. The molecule has 4 rings (SSSR count). The summed E-state index contributed by atoms with van der Waals surface area (Å²) in [5.41, 5.74) is 6.15. The number of benzene rings is 4. The Balaban J connectivity index is 1.56. The molecular weight excluding hydrogens is 566 g/mol. The SMILES string of the molecule is CC(=O)c1cccc(CN(CCc2ccc([N+](=O)[O-])cc2)CCN(Cc2cccc(C(C)=O)c2)Cc2cccc(C(C)=O)c2)c1. The van der Waals surface area contributed by atoms with Gasteiger partial charge in [0.25, 0.3) is 5.69 Å². The first-order valence-electron chi connectivity index (χ1n) is 15.0. The quantitative estimate of drug-likeness (QED) is 0.0774. The van der Waals surface area contributed by atoms with Gasteiger partial charge in [-0.3, -0.25) is 34.3 Å². The van der Waals surface area contributed by atoms with Gasteiger partial charge >= 0.3 is 0 Å². The molecular formula is C37H39N3O5. The summed E-state index contributed by atoms with van der Waals surface area (Å²) in [5, 5.41) is 11.1. The van der Waals surface area contributed by atoms with Crippen molar-refractivity contribution in [3.8, 4) is 0 Å². The normalized spacial score (nSPS) is 11.1. The first-order chi connectivity index (χ1) is 21.6. The maximum Gasteiger partial charge on any atom is 0.269 e. The van der Waals surface area contributed by atoms with Crippen LogP contribution in [0.15, 0.2) is 97.1 Å². The first-order valence-corrected chi connectivity index (χ1v) is 15.0. The number of hydrogen-bond donors (Lipinski definition) is 0. The van der Waals surface area contributed by atoms with E-state index in [4.69, 9.17) is 0 Å². The average molecular weight is 606 g/mol. The van der Waals surface area contributed by atoms with Gasteiger partial charge in [0.05, 0.1) is 4.92 Å². The van der Waals surface area contributed by atoms with E-state index in [2.05, 4.69) is 9.80 Å². The van der Waals surface area contributed by atoms with E-state index in [1.807, 2.05) is 72.8 Å². The lowest BCUT2D eigenvalue weighted by molar-refractivity contribution is -0.384. The van der Waals surface area contributed by atoms with Crippen molar-refractivity contribution in [2.45, 2.75) is 46.8 Å². The molecule has 8 nitrogen and oxygen atoms in total. The van der Waals surface area contributed by atoms with Crippen molar-refractivity contribution in [3.63, 3.8) is 0 Å². The highest BCUT2D eigenvalue weighted by molar-refractivity contribution is 5.95. The highest BCUT2D eigenvalue weighted by Crippen LogP contribution is 2.17. The van der Waals surface area contributed by atoms with Crippen LogP contribution in [0.5, 0.6) is 0 Å². The van der Waals surface area contributed by atoms with E-state index in [0.717, 1.165) is 22.3 Å². The Kier molecular flexibility index (Phi) is 11.6. The maximum atomic E-state index is 12.1. The number of nitro groups is 1. The molecule has 0 unspecified atom stereocenters. The molecule has 4 aromatic rings. The van der Waals surface area contributed by atoms with Gasteiger partial charge in [-0.15, -0.1) is 0 Å². The van der Waals surface area contributed by atoms with Gasteiger partial charge < -0.3 is 0 Å². The van der Waals surface area contributed by atoms with Crippen molar-refractivity contribution in [1.29, 1.82) is 0 Å². The van der Waals surface area contributed by atoms with Gasteiger partial charge in [0.2, 0.25) is 0 Å². The molecule has 0 fully saturated rings. The third-order valence-electron chi connectivity index (χ3n) is 7.82.